The molecule has 0 bridgehead atoms. The molecule has 1 aromatic rings. The summed E-state index contributed by atoms with van der Waals surface area (Å²) in [4.78, 5) is 4.24. The molecule has 2 N–H and O–H groups in total. The number of hydrogen-bond donors (Lipinski definition) is 1. The third-order valence-electron chi connectivity index (χ3n) is 2.49. The van der Waals surface area contributed by atoms with E-state index in [-0.39, 0.29) is 6.04 Å². The highest BCUT2D eigenvalue weighted by Gasteiger charge is 2.00. The molecular formula is C13H22N2O. The Kier molecular flexibility index (Phi) is 5.86. The summed E-state index contributed by atoms with van der Waals surface area (Å²) >= 11 is 0. The highest BCUT2D eigenvalue weighted by molar-refractivity contribution is 5.21. The quantitative estimate of drug-likeness (QED) is 0.721. The lowest BCUT2D eigenvalue weighted by atomic mass is 10.2. The molecule has 0 amide bonds. The third kappa shape index (κ3) is 4.62. The SMILES string of the molecule is CCCCCCOc1ccc([C@H](C)N)nc1. The van der Waals surface area contributed by atoms with Crippen molar-refractivity contribution in [2.45, 2.75) is 45.6 Å². The molecule has 0 saturated heterocycles. The minimum atomic E-state index is -0.0152. The smallest absolute Gasteiger partial charge is 0.137 e. The van der Waals surface area contributed by atoms with Crippen LogP contribution in [0.2, 0.25) is 0 Å². The van der Waals surface area contributed by atoms with Crippen LogP contribution in [0.3, 0.4) is 0 Å². The van der Waals surface area contributed by atoms with E-state index in [2.05, 4.69) is 11.9 Å². The van der Waals surface area contributed by atoms with Gasteiger partial charge < -0.3 is 10.5 Å². The van der Waals surface area contributed by atoms with E-state index in [1.165, 1.54) is 19.3 Å². The Morgan fingerprint density at radius 2 is 2.12 bits per heavy atom. The summed E-state index contributed by atoms with van der Waals surface area (Å²) < 4.78 is 5.58. The maximum absolute atomic E-state index is 5.72. The van der Waals surface area contributed by atoms with Gasteiger partial charge in [0, 0.05) is 6.04 Å². The van der Waals surface area contributed by atoms with Crippen LogP contribution in [0.25, 0.3) is 0 Å². The van der Waals surface area contributed by atoms with Crippen molar-refractivity contribution in [3.63, 3.8) is 0 Å². The zero-order chi connectivity index (χ0) is 11.8. The second-order valence-electron chi connectivity index (χ2n) is 4.12. The zero-order valence-electron chi connectivity index (χ0n) is 10.3. The van der Waals surface area contributed by atoms with E-state index in [1.54, 1.807) is 6.20 Å². The van der Waals surface area contributed by atoms with Crippen LogP contribution < -0.4 is 10.5 Å². The van der Waals surface area contributed by atoms with Gasteiger partial charge in [-0.1, -0.05) is 26.2 Å². The number of hydrogen-bond acceptors (Lipinski definition) is 3. The maximum Gasteiger partial charge on any atom is 0.137 e. The molecule has 1 aromatic heterocycles. The summed E-state index contributed by atoms with van der Waals surface area (Å²) in [7, 11) is 0. The summed E-state index contributed by atoms with van der Waals surface area (Å²) in [5.41, 5.74) is 6.62. The third-order valence-corrected chi connectivity index (χ3v) is 2.49. The van der Waals surface area contributed by atoms with Crippen molar-refractivity contribution >= 4 is 0 Å². The van der Waals surface area contributed by atoms with Gasteiger partial charge in [-0.15, -0.1) is 0 Å². The molecule has 1 heterocycles. The van der Waals surface area contributed by atoms with E-state index in [1.807, 2.05) is 19.1 Å². The Bertz CT molecular complexity index is 282. The number of pyridine rings is 1. The second-order valence-corrected chi connectivity index (χ2v) is 4.12. The molecule has 1 atom stereocenters. The molecule has 0 radical (unpaired) electrons. The van der Waals surface area contributed by atoms with Gasteiger partial charge in [0.1, 0.15) is 5.75 Å². The van der Waals surface area contributed by atoms with Crippen LogP contribution in [-0.4, -0.2) is 11.6 Å². The summed E-state index contributed by atoms with van der Waals surface area (Å²) in [5.74, 6) is 0.834. The van der Waals surface area contributed by atoms with Gasteiger partial charge in [0.25, 0.3) is 0 Å². The lowest BCUT2D eigenvalue weighted by Crippen LogP contribution is -2.07. The van der Waals surface area contributed by atoms with Crippen LogP contribution in [0.5, 0.6) is 5.75 Å². The molecule has 16 heavy (non-hydrogen) atoms. The maximum atomic E-state index is 5.72. The van der Waals surface area contributed by atoms with E-state index in [0.717, 1.165) is 24.5 Å². The van der Waals surface area contributed by atoms with Crippen LogP contribution in [-0.2, 0) is 0 Å². The van der Waals surface area contributed by atoms with Crippen molar-refractivity contribution in [1.82, 2.24) is 4.98 Å². The van der Waals surface area contributed by atoms with Crippen molar-refractivity contribution in [3.05, 3.63) is 24.0 Å². The first-order chi connectivity index (χ1) is 7.74. The summed E-state index contributed by atoms with van der Waals surface area (Å²) in [6.07, 6.45) is 6.64. The average Bonchev–Trinajstić information content (AvgIpc) is 2.29. The number of rotatable bonds is 7. The van der Waals surface area contributed by atoms with Crippen LogP contribution >= 0.6 is 0 Å². The molecular weight excluding hydrogens is 200 g/mol. The van der Waals surface area contributed by atoms with Gasteiger partial charge >= 0.3 is 0 Å². The molecule has 90 valence electrons. The van der Waals surface area contributed by atoms with E-state index in [9.17, 15) is 0 Å². The summed E-state index contributed by atoms with van der Waals surface area (Å²) in [5, 5.41) is 0. The second kappa shape index (κ2) is 7.23. The molecule has 0 unspecified atom stereocenters. The summed E-state index contributed by atoms with van der Waals surface area (Å²) in [6, 6.07) is 3.84. The molecule has 0 saturated carbocycles. The van der Waals surface area contributed by atoms with Crippen molar-refractivity contribution in [1.29, 1.82) is 0 Å². The predicted molar refractivity (Wildman–Crippen MR) is 66.5 cm³/mol. The Balaban J connectivity index is 2.27. The van der Waals surface area contributed by atoms with Crippen molar-refractivity contribution < 1.29 is 4.74 Å². The molecule has 3 heteroatoms. The van der Waals surface area contributed by atoms with E-state index in [0.29, 0.717) is 0 Å². The van der Waals surface area contributed by atoms with Gasteiger partial charge in [-0.25, -0.2) is 0 Å². The minimum Gasteiger partial charge on any atom is -0.492 e. The van der Waals surface area contributed by atoms with Gasteiger partial charge in [0.15, 0.2) is 0 Å². The first-order valence-electron chi connectivity index (χ1n) is 6.08. The highest BCUT2D eigenvalue weighted by atomic mass is 16.5. The molecule has 0 aromatic carbocycles. The van der Waals surface area contributed by atoms with E-state index < -0.39 is 0 Å². The van der Waals surface area contributed by atoms with Crippen LogP contribution in [0.1, 0.15) is 51.3 Å². The number of unbranched alkanes of at least 4 members (excludes halogenated alkanes) is 3. The molecule has 0 fully saturated rings. The lowest BCUT2D eigenvalue weighted by molar-refractivity contribution is 0.303. The molecule has 1 rings (SSSR count). The fourth-order valence-corrected chi connectivity index (χ4v) is 1.47. The van der Waals surface area contributed by atoms with Crippen molar-refractivity contribution in [2.24, 2.45) is 5.73 Å². The van der Waals surface area contributed by atoms with Crippen LogP contribution in [0, 0.1) is 0 Å². The minimum absolute atomic E-state index is 0.0152. The fraction of sp³-hybridized carbons (Fsp3) is 0.615. The standard InChI is InChI=1S/C13H22N2O/c1-3-4-5-6-9-16-12-7-8-13(11(2)14)15-10-12/h7-8,10-11H,3-6,9,14H2,1-2H3/t11-/m0/s1. The Hall–Kier alpha value is -1.09. The topological polar surface area (TPSA) is 48.1 Å². The van der Waals surface area contributed by atoms with Gasteiger partial charge in [0.05, 0.1) is 18.5 Å². The Labute approximate surface area is 98.0 Å². The zero-order valence-corrected chi connectivity index (χ0v) is 10.3. The van der Waals surface area contributed by atoms with E-state index >= 15 is 0 Å². The summed E-state index contributed by atoms with van der Waals surface area (Å²) in [6.45, 7) is 4.91. The predicted octanol–water partition coefficient (Wildman–Crippen LogP) is 3.06. The van der Waals surface area contributed by atoms with Crippen LogP contribution in [0.4, 0.5) is 0 Å². The molecule has 0 aliphatic heterocycles. The van der Waals surface area contributed by atoms with Gasteiger partial charge in [0.2, 0.25) is 0 Å². The molecule has 0 aliphatic carbocycles. The number of nitrogens with zero attached hydrogens (tertiary/aromatic N) is 1. The number of nitrogens with two attached hydrogens (primary N) is 1. The highest BCUT2D eigenvalue weighted by Crippen LogP contribution is 2.13. The molecule has 3 nitrogen and oxygen atoms in total. The molecule has 0 spiro atoms. The number of aromatic nitrogens is 1. The van der Waals surface area contributed by atoms with E-state index in [4.69, 9.17) is 10.5 Å². The van der Waals surface area contributed by atoms with Gasteiger partial charge in [-0.2, -0.15) is 0 Å². The van der Waals surface area contributed by atoms with Crippen LogP contribution in [0.15, 0.2) is 18.3 Å². The Morgan fingerprint density at radius 3 is 2.69 bits per heavy atom. The first kappa shape index (κ1) is 13.0. The largest absolute Gasteiger partial charge is 0.492 e. The normalized spacial score (nSPS) is 12.4. The Morgan fingerprint density at radius 1 is 1.31 bits per heavy atom. The lowest BCUT2D eigenvalue weighted by Gasteiger charge is -2.07. The number of ether oxygens (including phenoxy) is 1. The van der Waals surface area contributed by atoms with Crippen molar-refractivity contribution in [2.75, 3.05) is 6.61 Å². The van der Waals surface area contributed by atoms with Crippen molar-refractivity contribution in [3.8, 4) is 5.75 Å². The van der Waals surface area contributed by atoms with Gasteiger partial charge in [-0.05, 0) is 25.5 Å². The fourth-order valence-electron chi connectivity index (χ4n) is 1.47. The average molecular weight is 222 g/mol. The van der Waals surface area contributed by atoms with Gasteiger partial charge in [-0.3, -0.25) is 4.98 Å². The first-order valence-corrected chi connectivity index (χ1v) is 6.08. The monoisotopic (exact) mass is 222 g/mol. The molecule has 0 aliphatic rings.